The number of amides is 1. The topological polar surface area (TPSA) is 49.3 Å². The summed E-state index contributed by atoms with van der Waals surface area (Å²) in [4.78, 5) is 12.0. The molecule has 3 nitrogen and oxygen atoms in total. The predicted octanol–water partition coefficient (Wildman–Crippen LogP) is 2.44. The molecule has 0 aromatic heterocycles. The van der Waals surface area contributed by atoms with Crippen LogP contribution in [-0.2, 0) is 0 Å². The lowest BCUT2D eigenvalue weighted by molar-refractivity contribution is 0.0951. The van der Waals surface area contributed by atoms with E-state index in [4.69, 9.17) is 5.11 Å². The van der Waals surface area contributed by atoms with Crippen molar-refractivity contribution in [3.05, 3.63) is 34.9 Å². The quantitative estimate of drug-likeness (QED) is 0.761. The van der Waals surface area contributed by atoms with E-state index in [-0.39, 0.29) is 12.5 Å². The van der Waals surface area contributed by atoms with Gasteiger partial charge in [0.25, 0.3) is 5.91 Å². The summed E-state index contributed by atoms with van der Waals surface area (Å²) in [5.74, 6) is 0.301. The molecule has 1 unspecified atom stereocenters. The number of nitrogens with one attached hydrogen (secondary N) is 1. The molecular formula is C15H23NO2. The molecule has 0 saturated carbocycles. The van der Waals surface area contributed by atoms with Gasteiger partial charge in [-0.1, -0.05) is 19.1 Å². The molecule has 1 amide bonds. The van der Waals surface area contributed by atoms with Crippen molar-refractivity contribution in [3.63, 3.8) is 0 Å². The largest absolute Gasteiger partial charge is 0.396 e. The van der Waals surface area contributed by atoms with Crippen molar-refractivity contribution in [1.82, 2.24) is 5.32 Å². The van der Waals surface area contributed by atoms with E-state index >= 15 is 0 Å². The molecule has 100 valence electrons. The van der Waals surface area contributed by atoms with E-state index < -0.39 is 0 Å². The van der Waals surface area contributed by atoms with Crippen molar-refractivity contribution in [2.75, 3.05) is 13.2 Å². The molecule has 1 atom stereocenters. The Kier molecular flexibility index (Phi) is 5.86. The summed E-state index contributed by atoms with van der Waals surface area (Å²) >= 11 is 0. The van der Waals surface area contributed by atoms with Gasteiger partial charge in [0.15, 0.2) is 0 Å². The maximum atomic E-state index is 12.0. The maximum absolute atomic E-state index is 12.0. The Hall–Kier alpha value is -1.35. The molecule has 2 N–H and O–H groups in total. The van der Waals surface area contributed by atoms with E-state index in [1.54, 1.807) is 0 Å². The van der Waals surface area contributed by atoms with Crippen LogP contribution in [0.25, 0.3) is 0 Å². The molecule has 1 rings (SSSR count). The van der Waals surface area contributed by atoms with Gasteiger partial charge >= 0.3 is 0 Å². The summed E-state index contributed by atoms with van der Waals surface area (Å²) in [6.45, 7) is 6.86. The summed E-state index contributed by atoms with van der Waals surface area (Å²) < 4.78 is 0. The Morgan fingerprint density at radius 2 is 2.11 bits per heavy atom. The molecule has 0 saturated heterocycles. The Morgan fingerprint density at radius 3 is 2.78 bits per heavy atom. The van der Waals surface area contributed by atoms with Gasteiger partial charge < -0.3 is 10.4 Å². The van der Waals surface area contributed by atoms with Crippen LogP contribution in [-0.4, -0.2) is 24.2 Å². The highest BCUT2D eigenvalue weighted by Crippen LogP contribution is 2.12. The van der Waals surface area contributed by atoms with Gasteiger partial charge in [-0.25, -0.2) is 0 Å². The molecule has 1 aromatic carbocycles. The minimum atomic E-state index is -0.00662. The zero-order chi connectivity index (χ0) is 13.5. The fourth-order valence-electron chi connectivity index (χ4n) is 1.84. The number of carbonyl (C=O) groups is 1. The third kappa shape index (κ3) is 4.15. The van der Waals surface area contributed by atoms with Crippen molar-refractivity contribution in [2.45, 2.75) is 33.6 Å². The number of aliphatic hydroxyl groups is 1. The van der Waals surface area contributed by atoms with E-state index in [9.17, 15) is 4.79 Å². The minimum absolute atomic E-state index is 0.00662. The minimum Gasteiger partial charge on any atom is -0.396 e. The lowest BCUT2D eigenvalue weighted by atomic mass is 10.0. The second kappa shape index (κ2) is 7.17. The zero-order valence-electron chi connectivity index (χ0n) is 11.5. The van der Waals surface area contributed by atoms with Gasteiger partial charge in [-0.15, -0.1) is 0 Å². The van der Waals surface area contributed by atoms with E-state index in [1.807, 2.05) is 39.0 Å². The molecular weight excluding hydrogens is 226 g/mol. The molecule has 0 spiro atoms. The van der Waals surface area contributed by atoms with Crippen molar-refractivity contribution in [2.24, 2.45) is 5.92 Å². The van der Waals surface area contributed by atoms with E-state index in [2.05, 4.69) is 5.32 Å². The van der Waals surface area contributed by atoms with Gasteiger partial charge in [-0.3, -0.25) is 4.79 Å². The molecule has 1 aromatic rings. The Labute approximate surface area is 109 Å². The highest BCUT2D eigenvalue weighted by molar-refractivity contribution is 5.95. The van der Waals surface area contributed by atoms with Crippen LogP contribution in [0.5, 0.6) is 0 Å². The van der Waals surface area contributed by atoms with Crippen LogP contribution in [0.4, 0.5) is 0 Å². The molecule has 0 aliphatic carbocycles. The van der Waals surface area contributed by atoms with Gasteiger partial charge in [0.2, 0.25) is 0 Å². The lowest BCUT2D eigenvalue weighted by Crippen LogP contribution is -2.25. The first-order chi connectivity index (χ1) is 8.56. The Balaban J connectivity index is 2.44. The van der Waals surface area contributed by atoms with Crippen LogP contribution in [0.15, 0.2) is 18.2 Å². The van der Waals surface area contributed by atoms with Crippen molar-refractivity contribution in [3.8, 4) is 0 Å². The summed E-state index contributed by atoms with van der Waals surface area (Å²) in [5, 5.41) is 11.8. The maximum Gasteiger partial charge on any atom is 0.251 e. The van der Waals surface area contributed by atoms with E-state index in [1.165, 1.54) is 0 Å². The van der Waals surface area contributed by atoms with E-state index in [0.717, 1.165) is 29.5 Å². The molecule has 0 fully saturated rings. The van der Waals surface area contributed by atoms with E-state index in [0.29, 0.717) is 12.5 Å². The summed E-state index contributed by atoms with van der Waals surface area (Å²) in [7, 11) is 0. The number of rotatable bonds is 6. The van der Waals surface area contributed by atoms with Crippen LogP contribution in [0.1, 0.15) is 41.3 Å². The molecule has 0 aliphatic heterocycles. The monoisotopic (exact) mass is 249 g/mol. The fourth-order valence-corrected chi connectivity index (χ4v) is 1.84. The zero-order valence-corrected chi connectivity index (χ0v) is 11.5. The Bertz CT molecular complexity index is 401. The highest BCUT2D eigenvalue weighted by Gasteiger charge is 2.09. The van der Waals surface area contributed by atoms with Crippen LogP contribution in [0.2, 0.25) is 0 Å². The number of benzene rings is 1. The normalized spacial score (nSPS) is 12.2. The third-order valence-electron chi connectivity index (χ3n) is 3.32. The van der Waals surface area contributed by atoms with Crippen LogP contribution in [0.3, 0.4) is 0 Å². The highest BCUT2D eigenvalue weighted by atomic mass is 16.3. The lowest BCUT2D eigenvalue weighted by Gasteiger charge is -2.10. The van der Waals surface area contributed by atoms with Gasteiger partial charge in [-0.05, 0) is 49.8 Å². The van der Waals surface area contributed by atoms with Crippen molar-refractivity contribution >= 4 is 5.91 Å². The standard InChI is InChI=1S/C15H23NO2/c1-11(10-17)6-5-9-16-15(18)14-8-4-7-12(2)13(14)3/h4,7-8,11,17H,5-6,9-10H2,1-3H3,(H,16,18). The number of aryl methyl sites for hydroxylation is 1. The molecule has 0 bridgehead atoms. The van der Waals surface area contributed by atoms with Gasteiger partial charge in [0, 0.05) is 18.7 Å². The summed E-state index contributed by atoms with van der Waals surface area (Å²) in [5.41, 5.74) is 2.93. The Morgan fingerprint density at radius 1 is 1.39 bits per heavy atom. The smallest absolute Gasteiger partial charge is 0.251 e. The molecule has 3 heteroatoms. The van der Waals surface area contributed by atoms with Crippen LogP contribution in [0, 0.1) is 19.8 Å². The van der Waals surface area contributed by atoms with Gasteiger partial charge in [0.1, 0.15) is 0 Å². The SMILES string of the molecule is Cc1cccc(C(=O)NCCCC(C)CO)c1C. The molecule has 0 aliphatic rings. The van der Waals surface area contributed by atoms with Crippen LogP contribution < -0.4 is 5.32 Å². The number of carbonyl (C=O) groups excluding carboxylic acids is 1. The first-order valence-electron chi connectivity index (χ1n) is 6.51. The van der Waals surface area contributed by atoms with Crippen LogP contribution >= 0.6 is 0 Å². The summed E-state index contributed by atoms with van der Waals surface area (Å²) in [6, 6.07) is 5.77. The average Bonchev–Trinajstić information content (AvgIpc) is 2.37. The number of aliphatic hydroxyl groups excluding tert-OH is 1. The summed E-state index contributed by atoms with van der Waals surface area (Å²) in [6.07, 6.45) is 1.84. The first kappa shape index (κ1) is 14.7. The van der Waals surface area contributed by atoms with Crippen molar-refractivity contribution < 1.29 is 9.90 Å². The molecule has 0 radical (unpaired) electrons. The fraction of sp³-hybridized carbons (Fsp3) is 0.533. The second-order valence-corrected chi connectivity index (χ2v) is 4.93. The van der Waals surface area contributed by atoms with Gasteiger partial charge in [0.05, 0.1) is 0 Å². The van der Waals surface area contributed by atoms with Gasteiger partial charge in [-0.2, -0.15) is 0 Å². The second-order valence-electron chi connectivity index (χ2n) is 4.93. The predicted molar refractivity (Wildman–Crippen MR) is 73.7 cm³/mol. The number of hydrogen-bond acceptors (Lipinski definition) is 2. The molecule has 0 heterocycles. The molecule has 18 heavy (non-hydrogen) atoms. The third-order valence-corrected chi connectivity index (χ3v) is 3.32. The average molecular weight is 249 g/mol. The van der Waals surface area contributed by atoms with Crippen molar-refractivity contribution in [1.29, 1.82) is 0 Å². The first-order valence-corrected chi connectivity index (χ1v) is 6.51. The number of hydrogen-bond donors (Lipinski definition) is 2.